The van der Waals surface area contributed by atoms with E-state index in [2.05, 4.69) is 38.2 Å². The van der Waals surface area contributed by atoms with E-state index in [4.69, 9.17) is 5.73 Å². The zero-order valence-corrected chi connectivity index (χ0v) is 8.86. The molecule has 2 rings (SSSR count). The largest absolute Gasteiger partial charge is 0.341 e. The van der Waals surface area contributed by atoms with Crippen molar-refractivity contribution in [2.75, 3.05) is 0 Å². The summed E-state index contributed by atoms with van der Waals surface area (Å²) in [6, 6.07) is 2.09. The number of aromatic amines is 1. The van der Waals surface area contributed by atoms with Crippen molar-refractivity contribution in [2.24, 2.45) is 5.73 Å². The Balaban J connectivity index is 2.32. The molecule has 0 radical (unpaired) electrons. The molecular weight excluding hydrogens is 192 g/mol. The van der Waals surface area contributed by atoms with Gasteiger partial charge in [-0.2, -0.15) is 5.21 Å². The summed E-state index contributed by atoms with van der Waals surface area (Å²) in [6.07, 6.45) is 0. The van der Waals surface area contributed by atoms with Gasteiger partial charge in [0.25, 0.3) is 0 Å². The van der Waals surface area contributed by atoms with Gasteiger partial charge in [-0.3, -0.25) is 0 Å². The molecule has 0 saturated heterocycles. The number of hydrogen-bond donors (Lipinski definition) is 2. The van der Waals surface area contributed by atoms with Crippen LogP contribution in [0.2, 0.25) is 0 Å². The summed E-state index contributed by atoms with van der Waals surface area (Å²) in [6.45, 7) is 5.29. The van der Waals surface area contributed by atoms with Crippen molar-refractivity contribution in [1.82, 2.24) is 25.2 Å². The highest BCUT2D eigenvalue weighted by molar-refractivity contribution is 5.26. The van der Waals surface area contributed by atoms with Gasteiger partial charge < -0.3 is 10.3 Å². The number of nitrogens with zero attached hydrogens (tertiary/aromatic N) is 4. The highest BCUT2D eigenvalue weighted by atomic mass is 15.5. The number of aromatic nitrogens is 5. The van der Waals surface area contributed by atoms with Gasteiger partial charge in [-0.05, 0) is 25.5 Å². The SMILES string of the molecule is Cc1cc(CN)c(C)n1Cc1nn[nH]n1. The zero-order chi connectivity index (χ0) is 10.8. The Morgan fingerprint density at radius 3 is 2.80 bits per heavy atom. The van der Waals surface area contributed by atoms with Gasteiger partial charge in [0.05, 0.1) is 6.54 Å². The smallest absolute Gasteiger partial charge is 0.194 e. The molecule has 2 heterocycles. The Labute approximate surface area is 87.5 Å². The van der Waals surface area contributed by atoms with Gasteiger partial charge in [0, 0.05) is 17.9 Å². The summed E-state index contributed by atoms with van der Waals surface area (Å²) >= 11 is 0. The molecule has 0 aliphatic heterocycles. The highest BCUT2D eigenvalue weighted by Crippen LogP contribution is 2.14. The number of hydrogen-bond acceptors (Lipinski definition) is 4. The van der Waals surface area contributed by atoms with Gasteiger partial charge >= 0.3 is 0 Å². The number of rotatable bonds is 3. The quantitative estimate of drug-likeness (QED) is 0.747. The second-order valence-corrected chi connectivity index (χ2v) is 3.51. The van der Waals surface area contributed by atoms with E-state index in [9.17, 15) is 0 Å². The topological polar surface area (TPSA) is 85.4 Å². The van der Waals surface area contributed by atoms with Crippen LogP contribution in [0.25, 0.3) is 0 Å². The average molecular weight is 206 g/mol. The number of aryl methyl sites for hydroxylation is 1. The maximum atomic E-state index is 5.64. The van der Waals surface area contributed by atoms with Crippen LogP contribution in [0, 0.1) is 13.8 Å². The van der Waals surface area contributed by atoms with Crippen LogP contribution in [0.5, 0.6) is 0 Å². The van der Waals surface area contributed by atoms with E-state index in [1.54, 1.807) is 0 Å². The average Bonchev–Trinajstić information content (AvgIpc) is 2.81. The first-order valence-corrected chi connectivity index (χ1v) is 4.80. The monoisotopic (exact) mass is 206 g/mol. The van der Waals surface area contributed by atoms with Crippen LogP contribution in [0.4, 0.5) is 0 Å². The molecule has 0 bridgehead atoms. The van der Waals surface area contributed by atoms with Crippen molar-refractivity contribution in [3.05, 3.63) is 28.8 Å². The lowest BCUT2D eigenvalue weighted by molar-refractivity contribution is 0.705. The van der Waals surface area contributed by atoms with E-state index in [0.29, 0.717) is 18.9 Å². The molecule has 2 aromatic heterocycles. The second-order valence-electron chi connectivity index (χ2n) is 3.51. The molecule has 0 aromatic carbocycles. The Morgan fingerprint density at radius 1 is 1.47 bits per heavy atom. The van der Waals surface area contributed by atoms with Crippen LogP contribution in [0.15, 0.2) is 6.07 Å². The molecule has 80 valence electrons. The molecule has 0 aliphatic rings. The third-order valence-electron chi connectivity index (χ3n) is 2.59. The van der Waals surface area contributed by atoms with Gasteiger partial charge in [-0.15, -0.1) is 10.2 Å². The van der Waals surface area contributed by atoms with Crippen molar-refractivity contribution in [2.45, 2.75) is 26.9 Å². The fraction of sp³-hybridized carbons (Fsp3) is 0.444. The molecule has 6 heteroatoms. The molecule has 0 atom stereocenters. The lowest BCUT2D eigenvalue weighted by Gasteiger charge is -2.06. The summed E-state index contributed by atoms with van der Waals surface area (Å²) in [5.74, 6) is 0.681. The van der Waals surface area contributed by atoms with E-state index in [1.165, 1.54) is 5.69 Å². The van der Waals surface area contributed by atoms with Crippen LogP contribution < -0.4 is 5.73 Å². The zero-order valence-electron chi connectivity index (χ0n) is 8.86. The molecule has 0 spiro atoms. The van der Waals surface area contributed by atoms with Gasteiger partial charge in [-0.25, -0.2) is 0 Å². The first-order chi connectivity index (χ1) is 7.22. The lowest BCUT2D eigenvalue weighted by Crippen LogP contribution is -2.06. The molecule has 6 nitrogen and oxygen atoms in total. The Hall–Kier alpha value is -1.69. The van der Waals surface area contributed by atoms with E-state index in [1.807, 2.05) is 6.92 Å². The summed E-state index contributed by atoms with van der Waals surface area (Å²) in [5.41, 5.74) is 9.14. The molecule has 15 heavy (non-hydrogen) atoms. The van der Waals surface area contributed by atoms with Crippen LogP contribution in [0.1, 0.15) is 22.8 Å². The molecule has 0 aliphatic carbocycles. The first kappa shape index (κ1) is 9.85. The number of tetrazole rings is 1. The van der Waals surface area contributed by atoms with Crippen molar-refractivity contribution < 1.29 is 0 Å². The number of nitrogens with two attached hydrogens (primary N) is 1. The lowest BCUT2D eigenvalue weighted by atomic mass is 10.2. The molecule has 0 amide bonds. The van der Waals surface area contributed by atoms with E-state index in [-0.39, 0.29) is 0 Å². The van der Waals surface area contributed by atoms with Crippen LogP contribution >= 0.6 is 0 Å². The van der Waals surface area contributed by atoms with Gasteiger partial charge in [-0.1, -0.05) is 5.21 Å². The molecular formula is C9H14N6. The summed E-state index contributed by atoms with van der Waals surface area (Å²) < 4.78 is 2.13. The first-order valence-electron chi connectivity index (χ1n) is 4.80. The van der Waals surface area contributed by atoms with Gasteiger partial charge in [0.1, 0.15) is 0 Å². The van der Waals surface area contributed by atoms with Crippen molar-refractivity contribution in [3.8, 4) is 0 Å². The van der Waals surface area contributed by atoms with E-state index in [0.717, 1.165) is 11.3 Å². The Morgan fingerprint density at radius 2 is 2.27 bits per heavy atom. The minimum atomic E-state index is 0.561. The Kier molecular flexibility index (Phi) is 2.51. The normalized spacial score (nSPS) is 10.9. The molecule has 0 unspecified atom stereocenters. The van der Waals surface area contributed by atoms with Crippen molar-refractivity contribution >= 4 is 0 Å². The summed E-state index contributed by atoms with van der Waals surface area (Å²) in [7, 11) is 0. The number of nitrogens with one attached hydrogen (secondary N) is 1. The van der Waals surface area contributed by atoms with Crippen LogP contribution in [-0.4, -0.2) is 25.2 Å². The fourth-order valence-electron chi connectivity index (χ4n) is 1.71. The third-order valence-corrected chi connectivity index (χ3v) is 2.59. The Bertz CT molecular complexity index is 441. The van der Waals surface area contributed by atoms with Crippen molar-refractivity contribution in [1.29, 1.82) is 0 Å². The summed E-state index contributed by atoms with van der Waals surface area (Å²) in [4.78, 5) is 0. The fourth-order valence-corrected chi connectivity index (χ4v) is 1.71. The van der Waals surface area contributed by atoms with Gasteiger partial charge in [0.2, 0.25) is 0 Å². The van der Waals surface area contributed by atoms with Crippen LogP contribution in [-0.2, 0) is 13.1 Å². The van der Waals surface area contributed by atoms with E-state index < -0.39 is 0 Å². The molecule has 2 aromatic rings. The molecule has 0 fully saturated rings. The van der Waals surface area contributed by atoms with Gasteiger partial charge in [0.15, 0.2) is 5.82 Å². The summed E-state index contributed by atoms with van der Waals surface area (Å²) in [5, 5.41) is 13.8. The second kappa shape index (κ2) is 3.82. The highest BCUT2D eigenvalue weighted by Gasteiger charge is 2.09. The maximum absolute atomic E-state index is 5.64. The maximum Gasteiger partial charge on any atom is 0.194 e. The number of H-pyrrole nitrogens is 1. The molecule has 3 N–H and O–H groups in total. The standard InChI is InChI=1S/C9H14N6/c1-6-3-8(4-10)7(2)15(6)5-9-11-13-14-12-9/h3H,4-5,10H2,1-2H3,(H,11,12,13,14). The molecule has 0 saturated carbocycles. The minimum Gasteiger partial charge on any atom is -0.341 e. The third kappa shape index (κ3) is 1.75. The van der Waals surface area contributed by atoms with Crippen molar-refractivity contribution in [3.63, 3.8) is 0 Å². The predicted molar refractivity (Wildman–Crippen MR) is 55.1 cm³/mol. The predicted octanol–water partition coefficient (Wildman–Crippen LogP) is 0.125. The van der Waals surface area contributed by atoms with Crippen LogP contribution in [0.3, 0.4) is 0 Å². The van der Waals surface area contributed by atoms with E-state index >= 15 is 0 Å². The minimum absolute atomic E-state index is 0.561.